The van der Waals surface area contributed by atoms with Gasteiger partial charge in [0.1, 0.15) is 11.5 Å². The number of aliphatic hydroxyl groups is 1. The van der Waals surface area contributed by atoms with Gasteiger partial charge in [0.25, 0.3) is 0 Å². The molecule has 1 aromatic carbocycles. The first-order valence-electron chi connectivity index (χ1n) is 6.20. The van der Waals surface area contributed by atoms with Crippen molar-refractivity contribution in [1.29, 1.82) is 0 Å². The van der Waals surface area contributed by atoms with Crippen LogP contribution in [0, 0.1) is 5.92 Å². The average molecular weight is 347 g/mol. The minimum atomic E-state index is -0.870. The summed E-state index contributed by atoms with van der Waals surface area (Å²) in [5, 5.41) is 19.1. The van der Waals surface area contributed by atoms with Gasteiger partial charge in [-0.05, 0) is 18.4 Å². The molecule has 2 atom stereocenters. The molecule has 6 heteroatoms. The Bertz CT molecular complexity index is 475. The summed E-state index contributed by atoms with van der Waals surface area (Å²) >= 11 is 3.38. The van der Waals surface area contributed by atoms with Gasteiger partial charge in [-0.2, -0.15) is 0 Å². The van der Waals surface area contributed by atoms with Crippen molar-refractivity contribution in [2.45, 2.75) is 25.9 Å². The fourth-order valence-electron chi connectivity index (χ4n) is 2.06. The number of ether oxygens (including phenoxy) is 2. The standard InChI is InChI=1S/C14H19BrO5/c1-8(5-13(17)18)4-11(16)14-10(15)6-9(19-2)7-12(14)20-3/h6-8,11,16H,4-5H2,1-3H3,(H,17,18). The number of aliphatic carboxylic acids is 1. The van der Waals surface area contributed by atoms with E-state index in [0.717, 1.165) is 0 Å². The van der Waals surface area contributed by atoms with Gasteiger partial charge in [-0.15, -0.1) is 0 Å². The van der Waals surface area contributed by atoms with Crippen molar-refractivity contribution in [3.8, 4) is 11.5 Å². The highest BCUT2D eigenvalue weighted by Gasteiger charge is 2.21. The second kappa shape index (κ2) is 7.50. The van der Waals surface area contributed by atoms with Gasteiger partial charge in [-0.3, -0.25) is 4.79 Å². The summed E-state index contributed by atoms with van der Waals surface area (Å²) in [6.45, 7) is 1.79. The van der Waals surface area contributed by atoms with Crippen LogP contribution in [-0.4, -0.2) is 30.4 Å². The third kappa shape index (κ3) is 4.38. The number of carbonyl (C=O) groups is 1. The molecule has 20 heavy (non-hydrogen) atoms. The molecule has 0 saturated carbocycles. The highest BCUT2D eigenvalue weighted by atomic mass is 79.9. The van der Waals surface area contributed by atoms with Crippen LogP contribution in [0.15, 0.2) is 16.6 Å². The van der Waals surface area contributed by atoms with Crippen LogP contribution in [0.4, 0.5) is 0 Å². The van der Waals surface area contributed by atoms with E-state index in [1.807, 2.05) is 0 Å². The van der Waals surface area contributed by atoms with Gasteiger partial charge < -0.3 is 19.7 Å². The van der Waals surface area contributed by atoms with Gasteiger partial charge in [0.2, 0.25) is 0 Å². The van der Waals surface area contributed by atoms with Gasteiger partial charge in [-0.25, -0.2) is 0 Å². The number of rotatable bonds is 7. The van der Waals surface area contributed by atoms with Gasteiger partial charge in [0, 0.05) is 22.5 Å². The van der Waals surface area contributed by atoms with Crippen LogP contribution in [0.3, 0.4) is 0 Å². The van der Waals surface area contributed by atoms with Crippen molar-refractivity contribution >= 4 is 21.9 Å². The molecule has 0 heterocycles. The Kier molecular flexibility index (Phi) is 6.29. The maximum absolute atomic E-state index is 10.7. The molecule has 0 bridgehead atoms. The predicted octanol–water partition coefficient (Wildman–Crippen LogP) is 3.00. The SMILES string of the molecule is COc1cc(Br)c(C(O)CC(C)CC(=O)O)c(OC)c1. The number of aliphatic hydroxyl groups excluding tert-OH is 1. The minimum Gasteiger partial charge on any atom is -0.497 e. The first-order chi connectivity index (χ1) is 9.38. The van der Waals surface area contributed by atoms with E-state index in [1.165, 1.54) is 7.11 Å². The molecule has 0 aliphatic rings. The number of methoxy groups -OCH3 is 2. The molecule has 0 aromatic heterocycles. The van der Waals surface area contributed by atoms with Crippen molar-refractivity contribution in [1.82, 2.24) is 0 Å². The monoisotopic (exact) mass is 346 g/mol. The summed E-state index contributed by atoms with van der Waals surface area (Å²) in [6.07, 6.45) is -0.444. The van der Waals surface area contributed by atoms with Crippen molar-refractivity contribution in [2.24, 2.45) is 5.92 Å². The summed E-state index contributed by atoms with van der Waals surface area (Å²) in [5.41, 5.74) is 0.602. The highest BCUT2D eigenvalue weighted by molar-refractivity contribution is 9.10. The normalized spacial score (nSPS) is 13.7. The van der Waals surface area contributed by atoms with Crippen LogP contribution >= 0.6 is 15.9 Å². The molecule has 5 nitrogen and oxygen atoms in total. The zero-order chi connectivity index (χ0) is 15.3. The van der Waals surface area contributed by atoms with E-state index < -0.39 is 12.1 Å². The molecule has 0 aliphatic heterocycles. The van der Waals surface area contributed by atoms with Crippen LogP contribution in [0.25, 0.3) is 0 Å². The van der Waals surface area contributed by atoms with E-state index in [2.05, 4.69) is 15.9 Å². The van der Waals surface area contributed by atoms with Gasteiger partial charge in [0.15, 0.2) is 0 Å². The Morgan fingerprint density at radius 2 is 2.00 bits per heavy atom. The second-order valence-electron chi connectivity index (χ2n) is 4.68. The second-order valence-corrected chi connectivity index (χ2v) is 5.53. The maximum Gasteiger partial charge on any atom is 0.303 e. The van der Waals surface area contributed by atoms with Crippen molar-refractivity contribution in [3.05, 3.63) is 22.2 Å². The van der Waals surface area contributed by atoms with E-state index in [-0.39, 0.29) is 12.3 Å². The lowest BCUT2D eigenvalue weighted by Crippen LogP contribution is -2.10. The summed E-state index contributed by atoms with van der Waals surface area (Å²) in [5.74, 6) is 0.112. The maximum atomic E-state index is 10.7. The summed E-state index contributed by atoms with van der Waals surface area (Å²) < 4.78 is 11.1. The average Bonchev–Trinajstić information content (AvgIpc) is 2.35. The van der Waals surface area contributed by atoms with E-state index >= 15 is 0 Å². The van der Waals surface area contributed by atoms with Crippen LogP contribution in [0.1, 0.15) is 31.4 Å². The molecule has 2 unspecified atom stereocenters. The first-order valence-corrected chi connectivity index (χ1v) is 6.99. The summed E-state index contributed by atoms with van der Waals surface area (Å²) in [4.78, 5) is 10.7. The molecule has 1 aromatic rings. The largest absolute Gasteiger partial charge is 0.497 e. The lowest BCUT2D eigenvalue weighted by Gasteiger charge is -2.20. The molecule has 0 fully saturated rings. The summed E-state index contributed by atoms with van der Waals surface area (Å²) in [6, 6.07) is 3.42. The fourth-order valence-corrected chi connectivity index (χ4v) is 2.74. The minimum absolute atomic E-state index is 0.0210. The number of benzene rings is 1. The number of hydrogen-bond acceptors (Lipinski definition) is 4. The zero-order valence-corrected chi connectivity index (χ0v) is 13.3. The van der Waals surface area contributed by atoms with E-state index in [4.69, 9.17) is 14.6 Å². The molecular weight excluding hydrogens is 328 g/mol. The molecule has 0 spiro atoms. The Morgan fingerprint density at radius 3 is 2.50 bits per heavy atom. The van der Waals surface area contributed by atoms with Crippen LogP contribution in [-0.2, 0) is 4.79 Å². The molecule has 1 rings (SSSR count). The number of carboxylic acids is 1. The third-order valence-corrected chi connectivity index (χ3v) is 3.66. The number of halogens is 1. The lowest BCUT2D eigenvalue weighted by atomic mass is 9.95. The smallest absolute Gasteiger partial charge is 0.303 e. The van der Waals surface area contributed by atoms with E-state index in [1.54, 1.807) is 26.2 Å². The van der Waals surface area contributed by atoms with Crippen molar-refractivity contribution in [2.75, 3.05) is 14.2 Å². The number of hydrogen-bond donors (Lipinski definition) is 2. The predicted molar refractivity (Wildman–Crippen MR) is 78.2 cm³/mol. The van der Waals surface area contributed by atoms with Crippen molar-refractivity contribution < 1.29 is 24.5 Å². The van der Waals surface area contributed by atoms with Crippen molar-refractivity contribution in [3.63, 3.8) is 0 Å². The molecule has 0 aliphatic carbocycles. The molecule has 112 valence electrons. The van der Waals surface area contributed by atoms with Crippen LogP contribution in [0.2, 0.25) is 0 Å². The quantitative estimate of drug-likeness (QED) is 0.793. The lowest BCUT2D eigenvalue weighted by molar-refractivity contribution is -0.138. The van der Waals surface area contributed by atoms with Gasteiger partial charge in [0.05, 0.1) is 20.3 Å². The first kappa shape index (κ1) is 16.8. The molecule has 0 saturated heterocycles. The van der Waals surface area contributed by atoms with Crippen LogP contribution < -0.4 is 9.47 Å². The Hall–Kier alpha value is -1.27. The molecular formula is C14H19BrO5. The van der Waals surface area contributed by atoms with Gasteiger partial charge in [-0.1, -0.05) is 22.9 Å². The Morgan fingerprint density at radius 1 is 1.35 bits per heavy atom. The molecule has 0 amide bonds. The van der Waals surface area contributed by atoms with Crippen LogP contribution in [0.5, 0.6) is 11.5 Å². The van der Waals surface area contributed by atoms with Gasteiger partial charge >= 0.3 is 5.97 Å². The highest BCUT2D eigenvalue weighted by Crippen LogP contribution is 2.39. The van der Waals surface area contributed by atoms with E-state index in [9.17, 15) is 9.90 Å². The fraction of sp³-hybridized carbons (Fsp3) is 0.500. The molecule has 0 radical (unpaired) electrons. The number of carboxylic acid groups (broad SMARTS) is 1. The summed E-state index contributed by atoms with van der Waals surface area (Å²) in [7, 11) is 3.06. The third-order valence-electron chi connectivity index (χ3n) is 3.00. The Labute approximate surface area is 126 Å². The Balaban J connectivity index is 2.97. The topological polar surface area (TPSA) is 76.0 Å². The van der Waals surface area contributed by atoms with E-state index in [0.29, 0.717) is 28.0 Å². The zero-order valence-electron chi connectivity index (χ0n) is 11.7. The molecule has 2 N–H and O–H groups in total.